The molecule has 0 aliphatic carbocycles. The van der Waals surface area contributed by atoms with Crippen molar-refractivity contribution in [3.8, 4) is 0 Å². The Morgan fingerprint density at radius 1 is 1.11 bits per heavy atom. The summed E-state index contributed by atoms with van der Waals surface area (Å²) >= 11 is 1.37. The molecule has 2 rings (SSSR count). The van der Waals surface area contributed by atoms with Crippen LogP contribution in [-0.4, -0.2) is 15.1 Å². The van der Waals surface area contributed by atoms with E-state index >= 15 is 0 Å². The summed E-state index contributed by atoms with van der Waals surface area (Å²) in [5.74, 6) is 0.705. The van der Waals surface area contributed by atoms with E-state index in [0.29, 0.717) is 16.8 Å². The van der Waals surface area contributed by atoms with Crippen LogP contribution in [0.3, 0.4) is 0 Å². The second-order valence-electron chi connectivity index (χ2n) is 3.85. The van der Waals surface area contributed by atoms with Crippen molar-refractivity contribution in [1.82, 2.24) is 9.97 Å². The Bertz CT molecular complexity index is 522. The Morgan fingerprint density at radius 2 is 1.67 bits per heavy atom. The molecule has 0 fully saturated rings. The molecular formula is C12H14N4OS. The molecule has 1 unspecified atom stereocenters. The van der Waals surface area contributed by atoms with E-state index in [1.165, 1.54) is 17.8 Å². The van der Waals surface area contributed by atoms with Gasteiger partial charge in [-0.3, -0.25) is 0 Å². The highest BCUT2D eigenvalue weighted by Crippen LogP contribution is 2.27. The minimum atomic E-state index is -0.469. The predicted molar refractivity (Wildman–Crippen MR) is 72.1 cm³/mol. The number of nitrogen functional groups attached to an aromatic ring is 2. The van der Waals surface area contributed by atoms with Crippen molar-refractivity contribution in [3.63, 3.8) is 0 Å². The molecule has 2 aromatic rings. The summed E-state index contributed by atoms with van der Waals surface area (Å²) in [7, 11) is 0. The largest absolute Gasteiger partial charge is 0.389 e. The van der Waals surface area contributed by atoms with Crippen molar-refractivity contribution in [1.29, 1.82) is 0 Å². The fraction of sp³-hybridized carbons (Fsp3) is 0.167. The number of aliphatic hydroxyl groups excluding tert-OH is 1. The van der Waals surface area contributed by atoms with Crippen LogP contribution in [0.2, 0.25) is 0 Å². The minimum absolute atomic E-state index is 0.352. The molecule has 5 nitrogen and oxygen atoms in total. The molecule has 0 saturated carbocycles. The van der Waals surface area contributed by atoms with Gasteiger partial charge >= 0.3 is 0 Å². The van der Waals surface area contributed by atoms with Crippen LogP contribution in [0.15, 0.2) is 40.4 Å². The number of nitrogens with two attached hydrogens (primary N) is 2. The summed E-state index contributed by atoms with van der Waals surface area (Å²) in [6, 6.07) is 9.04. The second kappa shape index (κ2) is 5.24. The maximum atomic E-state index is 9.41. The van der Waals surface area contributed by atoms with Crippen LogP contribution in [0.5, 0.6) is 0 Å². The fourth-order valence-corrected chi connectivity index (χ4v) is 2.21. The lowest BCUT2D eigenvalue weighted by Gasteiger charge is -2.06. The van der Waals surface area contributed by atoms with E-state index < -0.39 is 6.10 Å². The quantitative estimate of drug-likeness (QED) is 0.730. The zero-order chi connectivity index (χ0) is 13.1. The lowest BCUT2D eigenvalue weighted by Crippen LogP contribution is -1.99. The monoisotopic (exact) mass is 262 g/mol. The molecule has 6 heteroatoms. The van der Waals surface area contributed by atoms with Gasteiger partial charge in [-0.15, -0.1) is 0 Å². The van der Waals surface area contributed by atoms with E-state index in [2.05, 4.69) is 9.97 Å². The molecule has 0 aliphatic rings. The Morgan fingerprint density at radius 3 is 2.17 bits per heavy atom. The Kier molecular flexibility index (Phi) is 3.69. The van der Waals surface area contributed by atoms with E-state index in [1.54, 1.807) is 6.92 Å². The first-order chi connectivity index (χ1) is 8.54. The average molecular weight is 262 g/mol. The van der Waals surface area contributed by atoms with Crippen LogP contribution < -0.4 is 11.5 Å². The molecule has 1 heterocycles. The molecule has 1 atom stereocenters. The summed E-state index contributed by atoms with van der Waals surface area (Å²) in [5, 5.41) is 9.92. The Balaban J connectivity index is 2.18. The lowest BCUT2D eigenvalue weighted by molar-refractivity contribution is 0.199. The van der Waals surface area contributed by atoms with E-state index in [4.69, 9.17) is 11.5 Å². The molecule has 1 aromatic carbocycles. The number of aliphatic hydroxyl groups is 1. The van der Waals surface area contributed by atoms with Gasteiger partial charge in [-0.1, -0.05) is 12.1 Å². The average Bonchev–Trinajstić information content (AvgIpc) is 2.28. The van der Waals surface area contributed by atoms with Gasteiger partial charge in [0.1, 0.15) is 11.6 Å². The molecule has 0 saturated heterocycles. The number of nitrogens with zero attached hydrogens (tertiary/aromatic N) is 2. The molecule has 1 aromatic heterocycles. The van der Waals surface area contributed by atoms with E-state index in [1.807, 2.05) is 24.3 Å². The topological polar surface area (TPSA) is 98.0 Å². The molecular weight excluding hydrogens is 248 g/mol. The van der Waals surface area contributed by atoms with Gasteiger partial charge in [0.05, 0.1) is 6.10 Å². The van der Waals surface area contributed by atoms with Crippen molar-refractivity contribution < 1.29 is 5.11 Å². The van der Waals surface area contributed by atoms with Gasteiger partial charge in [0, 0.05) is 11.0 Å². The SMILES string of the molecule is CC(O)c1ccc(Sc2nc(N)cc(N)n2)cc1. The summed E-state index contributed by atoms with van der Waals surface area (Å²) in [4.78, 5) is 9.14. The first-order valence-electron chi connectivity index (χ1n) is 5.40. The van der Waals surface area contributed by atoms with E-state index in [0.717, 1.165) is 10.5 Å². The van der Waals surface area contributed by atoms with Gasteiger partial charge in [0.25, 0.3) is 0 Å². The van der Waals surface area contributed by atoms with Gasteiger partial charge in [0.2, 0.25) is 0 Å². The number of hydrogen-bond donors (Lipinski definition) is 3. The fourth-order valence-electron chi connectivity index (χ4n) is 1.43. The first kappa shape index (κ1) is 12.7. The highest BCUT2D eigenvalue weighted by molar-refractivity contribution is 7.99. The highest BCUT2D eigenvalue weighted by Gasteiger charge is 2.05. The van der Waals surface area contributed by atoms with Crippen LogP contribution in [0, 0.1) is 0 Å². The third kappa shape index (κ3) is 3.12. The first-order valence-corrected chi connectivity index (χ1v) is 6.22. The van der Waals surface area contributed by atoms with Crippen molar-refractivity contribution >= 4 is 23.4 Å². The standard InChI is InChI=1S/C12H14N4OS/c1-7(17)8-2-4-9(5-3-8)18-12-15-10(13)6-11(14)16-12/h2-7,17H,1H3,(H4,13,14,15,16). The van der Waals surface area contributed by atoms with Gasteiger partial charge < -0.3 is 16.6 Å². The number of aromatic nitrogens is 2. The van der Waals surface area contributed by atoms with Crippen LogP contribution in [0.4, 0.5) is 11.6 Å². The molecule has 5 N–H and O–H groups in total. The van der Waals surface area contributed by atoms with Crippen molar-refractivity contribution in [2.75, 3.05) is 11.5 Å². The Hall–Kier alpha value is -1.79. The van der Waals surface area contributed by atoms with Crippen LogP contribution >= 0.6 is 11.8 Å². The maximum Gasteiger partial charge on any atom is 0.196 e. The van der Waals surface area contributed by atoms with E-state index in [9.17, 15) is 5.11 Å². The molecule has 94 valence electrons. The number of anilines is 2. The van der Waals surface area contributed by atoms with Gasteiger partial charge in [-0.05, 0) is 36.4 Å². The zero-order valence-electron chi connectivity index (χ0n) is 9.87. The second-order valence-corrected chi connectivity index (χ2v) is 4.89. The molecule has 18 heavy (non-hydrogen) atoms. The number of hydrogen-bond acceptors (Lipinski definition) is 6. The molecule has 0 spiro atoms. The summed E-state index contributed by atoms with van der Waals surface area (Å²) in [6.45, 7) is 1.73. The molecule has 0 aliphatic heterocycles. The Labute approximate surface area is 109 Å². The molecule has 0 radical (unpaired) electrons. The van der Waals surface area contributed by atoms with Crippen LogP contribution in [0.25, 0.3) is 0 Å². The maximum absolute atomic E-state index is 9.41. The van der Waals surface area contributed by atoms with Gasteiger partial charge in [0.15, 0.2) is 5.16 Å². The number of rotatable bonds is 3. The highest BCUT2D eigenvalue weighted by atomic mass is 32.2. The van der Waals surface area contributed by atoms with Crippen LogP contribution in [0.1, 0.15) is 18.6 Å². The van der Waals surface area contributed by atoms with Gasteiger partial charge in [-0.2, -0.15) is 0 Å². The lowest BCUT2D eigenvalue weighted by atomic mass is 10.1. The summed E-state index contributed by atoms with van der Waals surface area (Å²) < 4.78 is 0. The third-order valence-electron chi connectivity index (χ3n) is 2.32. The summed E-state index contributed by atoms with van der Waals surface area (Å²) in [6.07, 6.45) is -0.469. The van der Waals surface area contributed by atoms with Crippen molar-refractivity contribution in [3.05, 3.63) is 35.9 Å². The predicted octanol–water partition coefficient (Wildman–Crippen LogP) is 1.85. The molecule has 0 amide bonds. The van der Waals surface area contributed by atoms with E-state index in [-0.39, 0.29) is 0 Å². The normalized spacial score (nSPS) is 12.3. The summed E-state index contributed by atoms with van der Waals surface area (Å²) in [5.41, 5.74) is 12.1. The minimum Gasteiger partial charge on any atom is -0.389 e. The van der Waals surface area contributed by atoms with Crippen molar-refractivity contribution in [2.45, 2.75) is 23.1 Å². The third-order valence-corrected chi connectivity index (χ3v) is 3.19. The zero-order valence-corrected chi connectivity index (χ0v) is 10.7. The number of benzene rings is 1. The van der Waals surface area contributed by atoms with Crippen LogP contribution in [-0.2, 0) is 0 Å². The van der Waals surface area contributed by atoms with Crippen molar-refractivity contribution in [2.24, 2.45) is 0 Å². The molecule has 0 bridgehead atoms. The van der Waals surface area contributed by atoms with Gasteiger partial charge in [-0.25, -0.2) is 9.97 Å². The smallest absolute Gasteiger partial charge is 0.196 e.